The molecule has 10 heteroatoms. The SMILES string of the molecule is CCOC(=O)C1=C(C)N=c2s/c(=C\c3cn(Cc4ccccc4Cl)c4ccccc34)c(=O)n2[C@H]1c1c(OC)ccc2ccc(OC)cc12. The summed E-state index contributed by atoms with van der Waals surface area (Å²) in [5, 5.41) is 3.38. The lowest BCUT2D eigenvalue weighted by molar-refractivity contribution is -0.139. The molecule has 2 aromatic heterocycles. The molecule has 1 atom stereocenters. The second kappa shape index (κ2) is 12.8. The fourth-order valence-corrected chi connectivity index (χ4v) is 7.66. The molecular formula is C38H32ClN3O5S. The molecule has 8 nitrogen and oxygen atoms in total. The van der Waals surface area contributed by atoms with Gasteiger partial charge in [-0.15, -0.1) is 0 Å². The van der Waals surface area contributed by atoms with Crippen molar-refractivity contribution >= 4 is 56.7 Å². The maximum absolute atomic E-state index is 14.6. The number of benzene rings is 4. The number of hydrogen-bond acceptors (Lipinski definition) is 7. The van der Waals surface area contributed by atoms with Gasteiger partial charge in [0.15, 0.2) is 4.80 Å². The number of aromatic nitrogens is 2. The van der Waals surface area contributed by atoms with Crippen molar-refractivity contribution in [1.29, 1.82) is 0 Å². The van der Waals surface area contributed by atoms with E-state index in [0.717, 1.165) is 32.8 Å². The van der Waals surface area contributed by atoms with Crippen molar-refractivity contribution in [3.63, 3.8) is 0 Å². The highest BCUT2D eigenvalue weighted by atomic mass is 35.5. The fourth-order valence-electron chi connectivity index (χ4n) is 6.43. The van der Waals surface area contributed by atoms with Crippen LogP contribution in [-0.2, 0) is 16.1 Å². The normalized spacial score (nSPS) is 14.7. The molecule has 1 aliphatic heterocycles. The van der Waals surface area contributed by atoms with E-state index in [9.17, 15) is 9.59 Å². The lowest BCUT2D eigenvalue weighted by atomic mass is 9.90. The average molecular weight is 678 g/mol. The molecule has 4 aromatic carbocycles. The van der Waals surface area contributed by atoms with Crippen molar-refractivity contribution in [2.75, 3.05) is 20.8 Å². The van der Waals surface area contributed by atoms with E-state index in [-0.39, 0.29) is 17.7 Å². The van der Waals surface area contributed by atoms with Gasteiger partial charge in [0.1, 0.15) is 17.5 Å². The molecule has 48 heavy (non-hydrogen) atoms. The zero-order valence-corrected chi connectivity index (χ0v) is 28.4. The van der Waals surface area contributed by atoms with Gasteiger partial charge < -0.3 is 18.8 Å². The predicted molar refractivity (Wildman–Crippen MR) is 190 cm³/mol. The Labute approximate surface area is 285 Å². The van der Waals surface area contributed by atoms with E-state index in [2.05, 4.69) is 10.6 Å². The Balaban J connectivity index is 1.47. The summed E-state index contributed by atoms with van der Waals surface area (Å²) >= 11 is 7.80. The smallest absolute Gasteiger partial charge is 0.338 e. The number of esters is 1. The molecule has 0 saturated carbocycles. The zero-order valence-electron chi connectivity index (χ0n) is 26.8. The second-order valence-electron chi connectivity index (χ2n) is 11.4. The molecule has 0 N–H and O–H groups in total. The number of methoxy groups -OCH3 is 2. The van der Waals surface area contributed by atoms with Gasteiger partial charge in [-0.3, -0.25) is 9.36 Å². The van der Waals surface area contributed by atoms with Gasteiger partial charge in [-0.25, -0.2) is 9.79 Å². The topological polar surface area (TPSA) is 84.1 Å². The van der Waals surface area contributed by atoms with Crippen LogP contribution >= 0.6 is 22.9 Å². The van der Waals surface area contributed by atoms with Crippen LogP contribution in [-0.4, -0.2) is 35.9 Å². The Hall–Kier alpha value is -5.12. The first-order chi connectivity index (χ1) is 23.3. The highest BCUT2D eigenvalue weighted by Crippen LogP contribution is 2.41. The minimum absolute atomic E-state index is 0.172. The molecule has 0 spiro atoms. The second-order valence-corrected chi connectivity index (χ2v) is 12.8. The van der Waals surface area contributed by atoms with Gasteiger partial charge in [0.2, 0.25) is 0 Å². The molecule has 3 heterocycles. The van der Waals surface area contributed by atoms with Gasteiger partial charge in [-0.05, 0) is 66.6 Å². The standard InChI is InChI=1S/C38H32ClN3O5S/c1-5-47-37(44)33-22(2)40-38-42(35(33)34-28-19-26(45-3)16-14-23(28)15-17-31(34)46-4)36(43)32(48-38)18-25-21-41(30-13-9-7-11-27(25)30)20-24-10-6-8-12-29(24)39/h6-19,21,35H,5,20H2,1-4H3/b32-18-/t35-/m1/s1. The number of para-hydroxylation sites is 1. The highest BCUT2D eigenvalue weighted by molar-refractivity contribution is 7.07. The van der Waals surface area contributed by atoms with Crippen LogP contribution in [0.1, 0.15) is 36.6 Å². The van der Waals surface area contributed by atoms with Gasteiger partial charge in [0.05, 0.1) is 36.6 Å². The van der Waals surface area contributed by atoms with E-state index in [1.54, 1.807) is 32.6 Å². The van der Waals surface area contributed by atoms with E-state index in [1.165, 1.54) is 11.3 Å². The highest BCUT2D eigenvalue weighted by Gasteiger charge is 2.36. The minimum atomic E-state index is -0.866. The number of nitrogens with zero attached hydrogens (tertiary/aromatic N) is 3. The molecular weight excluding hydrogens is 646 g/mol. The number of hydrogen-bond donors (Lipinski definition) is 0. The summed E-state index contributed by atoms with van der Waals surface area (Å²) in [6, 6.07) is 24.5. The van der Waals surface area contributed by atoms with E-state index >= 15 is 0 Å². The Kier molecular flexibility index (Phi) is 8.41. The van der Waals surface area contributed by atoms with Crippen LogP contribution in [0.15, 0.2) is 106 Å². The number of fused-ring (bicyclic) bond motifs is 3. The van der Waals surface area contributed by atoms with Crippen LogP contribution in [0.25, 0.3) is 27.8 Å². The summed E-state index contributed by atoms with van der Waals surface area (Å²) in [6.07, 6.45) is 3.94. The van der Waals surface area contributed by atoms with Crippen LogP contribution < -0.4 is 24.4 Å². The molecule has 0 unspecified atom stereocenters. The van der Waals surface area contributed by atoms with Crippen molar-refractivity contribution in [3.05, 3.63) is 138 Å². The lowest BCUT2D eigenvalue weighted by Gasteiger charge is -2.27. The number of thiazole rings is 1. The molecule has 7 rings (SSSR count). The minimum Gasteiger partial charge on any atom is -0.497 e. The Morgan fingerprint density at radius 1 is 1.00 bits per heavy atom. The first-order valence-corrected chi connectivity index (χ1v) is 16.7. The fraction of sp³-hybridized carbons (Fsp3) is 0.184. The first kappa shape index (κ1) is 31.5. The molecule has 0 bridgehead atoms. The number of rotatable bonds is 8. The summed E-state index contributed by atoms with van der Waals surface area (Å²) in [5.74, 6) is 0.619. The Bertz CT molecular complexity index is 2450. The zero-order chi connectivity index (χ0) is 33.5. The molecule has 0 radical (unpaired) electrons. The van der Waals surface area contributed by atoms with Crippen molar-refractivity contribution in [1.82, 2.24) is 9.13 Å². The maximum Gasteiger partial charge on any atom is 0.338 e. The number of halogens is 1. The molecule has 0 amide bonds. The van der Waals surface area contributed by atoms with Crippen LogP contribution in [0.4, 0.5) is 0 Å². The van der Waals surface area contributed by atoms with E-state index in [0.29, 0.717) is 43.7 Å². The maximum atomic E-state index is 14.6. The van der Waals surface area contributed by atoms with Crippen molar-refractivity contribution in [3.8, 4) is 11.5 Å². The Morgan fingerprint density at radius 2 is 1.77 bits per heavy atom. The van der Waals surface area contributed by atoms with Crippen molar-refractivity contribution in [2.45, 2.75) is 26.4 Å². The molecule has 0 fully saturated rings. The van der Waals surface area contributed by atoms with E-state index in [4.69, 9.17) is 30.8 Å². The molecule has 6 aromatic rings. The summed E-state index contributed by atoms with van der Waals surface area (Å²) in [6.45, 7) is 4.27. The average Bonchev–Trinajstić information content (AvgIpc) is 3.60. The number of carbonyl (C=O) groups excluding carboxylic acids is 1. The Morgan fingerprint density at radius 3 is 2.54 bits per heavy atom. The lowest BCUT2D eigenvalue weighted by Crippen LogP contribution is -2.40. The monoisotopic (exact) mass is 677 g/mol. The molecule has 242 valence electrons. The number of ether oxygens (including phenoxy) is 3. The predicted octanol–water partition coefficient (Wildman–Crippen LogP) is 6.63. The third-order valence-electron chi connectivity index (χ3n) is 8.65. The van der Waals surface area contributed by atoms with Gasteiger partial charge in [-0.2, -0.15) is 0 Å². The van der Waals surface area contributed by atoms with Gasteiger partial charge in [-0.1, -0.05) is 71.5 Å². The van der Waals surface area contributed by atoms with Gasteiger partial charge in [0, 0.05) is 39.8 Å². The molecule has 0 saturated heterocycles. The first-order valence-electron chi connectivity index (χ1n) is 15.5. The summed E-state index contributed by atoms with van der Waals surface area (Å²) in [4.78, 5) is 33.5. The van der Waals surface area contributed by atoms with Gasteiger partial charge in [0.25, 0.3) is 5.56 Å². The van der Waals surface area contributed by atoms with Crippen LogP contribution in [0, 0.1) is 0 Å². The van der Waals surface area contributed by atoms with Crippen LogP contribution in [0.5, 0.6) is 11.5 Å². The van der Waals surface area contributed by atoms with Crippen LogP contribution in [0.2, 0.25) is 5.02 Å². The summed E-state index contributed by atoms with van der Waals surface area (Å²) in [7, 11) is 3.18. The van der Waals surface area contributed by atoms with Crippen LogP contribution in [0.3, 0.4) is 0 Å². The quantitative estimate of drug-likeness (QED) is 0.169. The third-order valence-corrected chi connectivity index (χ3v) is 10.00. The molecule has 0 aliphatic carbocycles. The number of allylic oxidation sites excluding steroid dienone is 1. The summed E-state index contributed by atoms with van der Waals surface area (Å²) < 4.78 is 21.2. The molecule has 1 aliphatic rings. The number of carbonyl (C=O) groups is 1. The van der Waals surface area contributed by atoms with E-state index < -0.39 is 12.0 Å². The van der Waals surface area contributed by atoms with Crippen molar-refractivity contribution in [2.24, 2.45) is 4.99 Å². The largest absolute Gasteiger partial charge is 0.497 e. The van der Waals surface area contributed by atoms with Gasteiger partial charge >= 0.3 is 5.97 Å². The summed E-state index contributed by atoms with van der Waals surface area (Å²) in [5.41, 5.74) is 4.02. The third kappa shape index (κ3) is 5.38. The van der Waals surface area contributed by atoms with E-state index in [1.807, 2.05) is 85.1 Å². The van der Waals surface area contributed by atoms with Crippen molar-refractivity contribution < 1.29 is 19.0 Å².